The molecule has 0 spiro atoms. The minimum Gasteiger partial charge on any atom is -0.486 e. The molecule has 1 atom stereocenters. The molecule has 1 rings (SSSR count). The number of halogens is 1. The third kappa shape index (κ3) is 3.49. The van der Waals surface area contributed by atoms with Gasteiger partial charge in [0, 0.05) is 6.54 Å². The quantitative estimate of drug-likeness (QED) is 0.832. The van der Waals surface area contributed by atoms with Crippen molar-refractivity contribution in [3.8, 4) is 5.75 Å². The molecule has 0 aliphatic rings. The summed E-state index contributed by atoms with van der Waals surface area (Å²) in [6.45, 7) is 6.77. The van der Waals surface area contributed by atoms with Crippen molar-refractivity contribution in [1.82, 2.24) is 5.32 Å². The first-order valence-electron chi connectivity index (χ1n) is 5.62. The van der Waals surface area contributed by atoms with Gasteiger partial charge in [0.25, 0.3) is 0 Å². The zero-order chi connectivity index (χ0) is 12.1. The molecule has 1 aromatic carbocycles. The fraction of sp³-hybridized carbons (Fsp3) is 0.538. The molecule has 0 aliphatic carbocycles. The van der Waals surface area contributed by atoms with E-state index >= 15 is 0 Å². The molecular formula is C13H20FNO. The predicted octanol–water partition coefficient (Wildman–Crippen LogP) is 2.76. The number of hydrogen-bond acceptors (Lipinski definition) is 2. The van der Waals surface area contributed by atoms with Gasteiger partial charge in [0.1, 0.15) is 6.10 Å². The smallest absolute Gasteiger partial charge is 0.165 e. The van der Waals surface area contributed by atoms with E-state index in [9.17, 15) is 4.39 Å². The molecule has 3 heteroatoms. The van der Waals surface area contributed by atoms with E-state index in [2.05, 4.69) is 19.2 Å². The van der Waals surface area contributed by atoms with Crippen LogP contribution < -0.4 is 10.1 Å². The number of nitrogens with one attached hydrogen (secondary N) is 1. The summed E-state index contributed by atoms with van der Waals surface area (Å²) in [5.41, 5.74) is 1.00. The maximum absolute atomic E-state index is 13.5. The maximum Gasteiger partial charge on any atom is 0.165 e. The van der Waals surface area contributed by atoms with Gasteiger partial charge in [-0.2, -0.15) is 0 Å². The molecule has 2 nitrogen and oxygen atoms in total. The average Bonchev–Trinajstić information content (AvgIpc) is 2.22. The van der Waals surface area contributed by atoms with Gasteiger partial charge in [-0.3, -0.25) is 0 Å². The molecule has 0 saturated heterocycles. The van der Waals surface area contributed by atoms with Crippen LogP contribution in [0.15, 0.2) is 18.2 Å². The molecule has 0 amide bonds. The monoisotopic (exact) mass is 225 g/mol. The molecule has 0 heterocycles. The van der Waals surface area contributed by atoms with E-state index < -0.39 is 0 Å². The number of benzene rings is 1. The van der Waals surface area contributed by atoms with Gasteiger partial charge in [-0.25, -0.2) is 4.39 Å². The zero-order valence-corrected chi connectivity index (χ0v) is 10.4. The van der Waals surface area contributed by atoms with Gasteiger partial charge in [-0.15, -0.1) is 0 Å². The first kappa shape index (κ1) is 13.0. The predicted molar refractivity (Wildman–Crippen MR) is 64.3 cm³/mol. The lowest BCUT2D eigenvalue weighted by molar-refractivity contribution is 0.145. The van der Waals surface area contributed by atoms with Gasteiger partial charge < -0.3 is 10.1 Å². The number of hydrogen-bond donors (Lipinski definition) is 1. The third-order valence-electron chi connectivity index (χ3n) is 2.51. The van der Waals surface area contributed by atoms with Crippen LogP contribution in [0.3, 0.4) is 0 Å². The van der Waals surface area contributed by atoms with E-state index in [0.717, 1.165) is 5.56 Å². The van der Waals surface area contributed by atoms with Crippen molar-refractivity contribution in [3.05, 3.63) is 29.6 Å². The number of aryl methyl sites for hydroxylation is 1. The molecule has 90 valence electrons. The Balaban J connectivity index is 2.80. The fourth-order valence-corrected chi connectivity index (χ4v) is 1.48. The maximum atomic E-state index is 13.5. The number of rotatable bonds is 5. The Morgan fingerprint density at radius 1 is 1.38 bits per heavy atom. The second kappa shape index (κ2) is 5.85. The van der Waals surface area contributed by atoms with Gasteiger partial charge in [0.15, 0.2) is 11.6 Å². The largest absolute Gasteiger partial charge is 0.486 e. The van der Waals surface area contributed by atoms with E-state index in [1.807, 2.05) is 14.0 Å². The van der Waals surface area contributed by atoms with E-state index in [1.165, 1.54) is 6.07 Å². The van der Waals surface area contributed by atoms with E-state index in [0.29, 0.717) is 18.2 Å². The fourth-order valence-electron chi connectivity index (χ4n) is 1.48. The van der Waals surface area contributed by atoms with Crippen LogP contribution in [0.5, 0.6) is 5.75 Å². The molecule has 16 heavy (non-hydrogen) atoms. The highest BCUT2D eigenvalue weighted by Crippen LogP contribution is 2.21. The first-order chi connectivity index (χ1) is 7.54. The van der Waals surface area contributed by atoms with Crippen LogP contribution in [-0.4, -0.2) is 19.7 Å². The molecule has 0 saturated carbocycles. The molecule has 1 unspecified atom stereocenters. The summed E-state index contributed by atoms with van der Waals surface area (Å²) in [4.78, 5) is 0. The van der Waals surface area contributed by atoms with E-state index in [1.54, 1.807) is 12.1 Å². The molecule has 0 fully saturated rings. The lowest BCUT2D eigenvalue weighted by Crippen LogP contribution is -2.34. The summed E-state index contributed by atoms with van der Waals surface area (Å²) in [5.74, 6) is 0.383. The Kier molecular flexibility index (Phi) is 4.74. The Labute approximate surface area is 96.8 Å². The van der Waals surface area contributed by atoms with Crippen LogP contribution in [0.2, 0.25) is 0 Å². The van der Waals surface area contributed by atoms with Crippen LogP contribution in [0.25, 0.3) is 0 Å². The van der Waals surface area contributed by atoms with E-state index in [4.69, 9.17) is 4.74 Å². The number of likely N-dealkylation sites (N-methyl/N-ethyl adjacent to an activating group) is 1. The first-order valence-corrected chi connectivity index (χ1v) is 5.62. The Morgan fingerprint density at radius 3 is 2.62 bits per heavy atom. The minimum absolute atomic E-state index is 0.0127. The second-order valence-corrected chi connectivity index (χ2v) is 4.39. The van der Waals surface area contributed by atoms with Gasteiger partial charge in [-0.05, 0) is 37.6 Å². The molecule has 0 aromatic heterocycles. The summed E-state index contributed by atoms with van der Waals surface area (Å²) in [6.07, 6.45) is -0.0127. The van der Waals surface area contributed by atoms with Crippen molar-refractivity contribution < 1.29 is 9.13 Å². The van der Waals surface area contributed by atoms with Crippen LogP contribution in [-0.2, 0) is 0 Å². The average molecular weight is 225 g/mol. The highest BCUT2D eigenvalue weighted by Gasteiger charge is 2.16. The zero-order valence-electron chi connectivity index (χ0n) is 10.4. The minimum atomic E-state index is -0.299. The summed E-state index contributed by atoms with van der Waals surface area (Å²) < 4.78 is 19.2. The summed E-state index contributed by atoms with van der Waals surface area (Å²) in [6, 6.07) is 4.92. The summed E-state index contributed by atoms with van der Waals surface area (Å²) >= 11 is 0. The summed E-state index contributed by atoms with van der Waals surface area (Å²) in [7, 11) is 1.87. The van der Waals surface area contributed by atoms with Crippen LogP contribution in [0, 0.1) is 18.7 Å². The molecule has 0 aliphatic heterocycles. The van der Waals surface area contributed by atoms with Crippen molar-refractivity contribution >= 4 is 0 Å². The van der Waals surface area contributed by atoms with E-state index in [-0.39, 0.29) is 11.9 Å². The Bertz CT molecular complexity index is 339. The van der Waals surface area contributed by atoms with Gasteiger partial charge in [0.2, 0.25) is 0 Å². The van der Waals surface area contributed by atoms with Crippen LogP contribution in [0.1, 0.15) is 19.4 Å². The van der Waals surface area contributed by atoms with Crippen LogP contribution >= 0.6 is 0 Å². The van der Waals surface area contributed by atoms with Gasteiger partial charge in [0.05, 0.1) is 0 Å². The normalized spacial score (nSPS) is 12.9. The van der Waals surface area contributed by atoms with Crippen molar-refractivity contribution in [1.29, 1.82) is 0 Å². The standard InChI is InChI=1S/C13H20FNO/c1-9(2)13(8-15-4)16-12-7-10(3)5-6-11(12)14/h5-7,9,13,15H,8H2,1-4H3. The number of ether oxygens (including phenoxy) is 1. The van der Waals surface area contributed by atoms with Gasteiger partial charge in [-0.1, -0.05) is 19.9 Å². The Hall–Kier alpha value is -1.09. The second-order valence-electron chi connectivity index (χ2n) is 4.39. The third-order valence-corrected chi connectivity index (χ3v) is 2.51. The molecular weight excluding hydrogens is 205 g/mol. The van der Waals surface area contributed by atoms with Gasteiger partial charge >= 0.3 is 0 Å². The molecule has 1 aromatic rings. The lowest BCUT2D eigenvalue weighted by Gasteiger charge is -2.22. The molecule has 1 N–H and O–H groups in total. The summed E-state index contributed by atoms with van der Waals surface area (Å²) in [5, 5.41) is 3.06. The Morgan fingerprint density at radius 2 is 2.06 bits per heavy atom. The highest BCUT2D eigenvalue weighted by molar-refractivity contribution is 5.29. The lowest BCUT2D eigenvalue weighted by atomic mass is 10.1. The topological polar surface area (TPSA) is 21.3 Å². The highest BCUT2D eigenvalue weighted by atomic mass is 19.1. The van der Waals surface area contributed by atoms with Crippen molar-refractivity contribution in [2.24, 2.45) is 5.92 Å². The van der Waals surface area contributed by atoms with Crippen molar-refractivity contribution in [3.63, 3.8) is 0 Å². The molecule has 0 radical (unpaired) electrons. The van der Waals surface area contributed by atoms with Crippen molar-refractivity contribution in [2.75, 3.05) is 13.6 Å². The van der Waals surface area contributed by atoms with Crippen LogP contribution in [0.4, 0.5) is 4.39 Å². The SMILES string of the molecule is CNCC(Oc1cc(C)ccc1F)C(C)C. The van der Waals surface area contributed by atoms with Crippen molar-refractivity contribution in [2.45, 2.75) is 26.9 Å². The molecule has 0 bridgehead atoms.